The Morgan fingerprint density at radius 2 is 1.69 bits per heavy atom. The number of halogens is 1. The molecule has 0 aliphatic heterocycles. The monoisotopic (exact) mass is 380 g/mol. The van der Waals surface area contributed by atoms with Crippen LogP contribution < -0.4 is 21.5 Å². The van der Waals surface area contributed by atoms with Crippen molar-refractivity contribution >= 4 is 35.1 Å². The molecule has 0 saturated heterocycles. The van der Waals surface area contributed by atoms with E-state index in [2.05, 4.69) is 21.5 Å². The summed E-state index contributed by atoms with van der Waals surface area (Å²) in [5.41, 5.74) is 4.88. The number of hydrazine groups is 1. The van der Waals surface area contributed by atoms with Gasteiger partial charge in [0.2, 0.25) is 5.91 Å². The summed E-state index contributed by atoms with van der Waals surface area (Å²) < 4.78 is 12.8. The zero-order valence-electron chi connectivity index (χ0n) is 14.1. The maximum Gasteiger partial charge on any atom is 0.257 e. The lowest BCUT2D eigenvalue weighted by Gasteiger charge is -2.20. The van der Waals surface area contributed by atoms with E-state index in [1.165, 1.54) is 12.1 Å². The topological polar surface area (TPSA) is 99.3 Å². The van der Waals surface area contributed by atoms with Crippen molar-refractivity contribution in [1.29, 1.82) is 0 Å². The van der Waals surface area contributed by atoms with Crippen LogP contribution in [0.15, 0.2) is 24.3 Å². The Morgan fingerprint density at radius 3 is 2.35 bits per heavy atom. The molecule has 0 bridgehead atoms. The second kappa shape index (κ2) is 9.81. The molecule has 0 aromatic heterocycles. The van der Waals surface area contributed by atoms with Crippen molar-refractivity contribution in [1.82, 2.24) is 21.5 Å². The third-order valence-corrected chi connectivity index (χ3v) is 4.25. The van der Waals surface area contributed by atoms with E-state index in [1.54, 1.807) is 0 Å². The van der Waals surface area contributed by atoms with Crippen LogP contribution in [-0.4, -0.2) is 29.4 Å². The van der Waals surface area contributed by atoms with Crippen molar-refractivity contribution in [3.8, 4) is 0 Å². The van der Waals surface area contributed by atoms with Gasteiger partial charge in [0, 0.05) is 11.5 Å². The molecule has 0 unspecified atom stereocenters. The number of hydrogen-bond acceptors (Lipinski definition) is 4. The summed E-state index contributed by atoms with van der Waals surface area (Å²) in [5, 5.41) is 4.82. The van der Waals surface area contributed by atoms with E-state index in [1.807, 2.05) is 0 Å². The minimum absolute atomic E-state index is 0.0272. The van der Waals surface area contributed by atoms with Gasteiger partial charge < -0.3 is 5.32 Å². The maximum atomic E-state index is 12.8. The van der Waals surface area contributed by atoms with Crippen LogP contribution in [0.25, 0.3) is 0 Å². The van der Waals surface area contributed by atoms with Crippen molar-refractivity contribution in [2.45, 2.75) is 32.1 Å². The largest absolute Gasteiger partial charge is 0.347 e. The van der Waals surface area contributed by atoms with Crippen LogP contribution in [0.4, 0.5) is 4.39 Å². The van der Waals surface area contributed by atoms with Gasteiger partial charge in [-0.2, -0.15) is 0 Å². The summed E-state index contributed by atoms with van der Waals surface area (Å²) in [6.45, 7) is -0.184. The van der Waals surface area contributed by atoms with Gasteiger partial charge in [-0.1, -0.05) is 19.3 Å². The zero-order chi connectivity index (χ0) is 18.9. The van der Waals surface area contributed by atoms with Crippen molar-refractivity contribution in [2.24, 2.45) is 5.92 Å². The number of amides is 3. The van der Waals surface area contributed by atoms with E-state index in [4.69, 9.17) is 12.2 Å². The number of carbonyl (C=O) groups is 3. The van der Waals surface area contributed by atoms with Gasteiger partial charge >= 0.3 is 0 Å². The van der Waals surface area contributed by atoms with E-state index in [-0.39, 0.29) is 29.0 Å². The van der Waals surface area contributed by atoms with Gasteiger partial charge in [-0.3, -0.25) is 30.6 Å². The number of nitrogens with one attached hydrogen (secondary N) is 4. The van der Waals surface area contributed by atoms with Gasteiger partial charge in [-0.25, -0.2) is 4.39 Å². The predicted molar refractivity (Wildman–Crippen MR) is 97.3 cm³/mol. The van der Waals surface area contributed by atoms with Gasteiger partial charge in [0.1, 0.15) is 5.82 Å². The van der Waals surface area contributed by atoms with Crippen LogP contribution in [0.5, 0.6) is 0 Å². The highest BCUT2D eigenvalue weighted by molar-refractivity contribution is 7.80. The highest BCUT2D eigenvalue weighted by Crippen LogP contribution is 2.23. The van der Waals surface area contributed by atoms with Crippen molar-refractivity contribution in [2.75, 3.05) is 6.54 Å². The van der Waals surface area contributed by atoms with Crippen LogP contribution >= 0.6 is 12.2 Å². The molecule has 4 N–H and O–H groups in total. The molecule has 0 atom stereocenters. The predicted octanol–water partition coefficient (Wildman–Crippen LogP) is 1.16. The molecule has 0 heterocycles. The lowest BCUT2D eigenvalue weighted by molar-refractivity contribution is -0.129. The third-order valence-electron chi connectivity index (χ3n) is 4.05. The molecule has 1 aromatic carbocycles. The molecule has 1 aliphatic carbocycles. The summed E-state index contributed by atoms with van der Waals surface area (Å²) in [6.07, 6.45) is 4.92. The molecule has 0 spiro atoms. The van der Waals surface area contributed by atoms with Gasteiger partial charge in [0.15, 0.2) is 5.11 Å². The Kier molecular flexibility index (Phi) is 7.46. The average Bonchev–Trinajstić information content (AvgIpc) is 2.65. The Labute approximate surface area is 156 Å². The minimum atomic E-state index is -0.539. The van der Waals surface area contributed by atoms with E-state index in [0.717, 1.165) is 44.2 Å². The number of rotatable bonds is 4. The van der Waals surface area contributed by atoms with Crippen LogP contribution in [0, 0.1) is 11.7 Å². The molecule has 1 aromatic rings. The molecule has 1 aliphatic rings. The van der Waals surface area contributed by atoms with Gasteiger partial charge in [-0.05, 0) is 49.3 Å². The van der Waals surface area contributed by atoms with Crippen LogP contribution in [0.1, 0.15) is 42.5 Å². The number of carbonyl (C=O) groups excluding carboxylic acids is 3. The van der Waals surface area contributed by atoms with Crippen LogP contribution in [-0.2, 0) is 9.59 Å². The fourth-order valence-electron chi connectivity index (χ4n) is 2.65. The molecule has 7 nitrogen and oxygen atoms in total. The Balaban J connectivity index is 1.66. The summed E-state index contributed by atoms with van der Waals surface area (Å²) in [7, 11) is 0. The van der Waals surface area contributed by atoms with Gasteiger partial charge in [0.05, 0.1) is 6.54 Å². The van der Waals surface area contributed by atoms with Crippen molar-refractivity contribution in [3.05, 3.63) is 35.6 Å². The van der Waals surface area contributed by atoms with E-state index in [0.29, 0.717) is 0 Å². The molecule has 1 saturated carbocycles. The van der Waals surface area contributed by atoms with E-state index >= 15 is 0 Å². The summed E-state index contributed by atoms with van der Waals surface area (Å²) in [4.78, 5) is 35.5. The molecular formula is C17H21FN4O3S. The first-order valence-electron chi connectivity index (χ1n) is 8.39. The SMILES string of the molecule is O=C(CNC(=O)C1CCCCC1)NNC(=S)NC(=O)c1ccc(F)cc1. The quantitative estimate of drug-likeness (QED) is 0.464. The first-order valence-corrected chi connectivity index (χ1v) is 8.80. The summed E-state index contributed by atoms with van der Waals surface area (Å²) >= 11 is 4.89. The Hall–Kier alpha value is -2.55. The molecule has 140 valence electrons. The molecular weight excluding hydrogens is 359 g/mol. The molecule has 3 amide bonds. The van der Waals surface area contributed by atoms with E-state index < -0.39 is 17.6 Å². The first-order chi connectivity index (χ1) is 12.5. The summed E-state index contributed by atoms with van der Waals surface area (Å²) in [5.74, 6) is -1.63. The van der Waals surface area contributed by atoms with Gasteiger partial charge in [0.25, 0.3) is 11.8 Å². The average molecular weight is 380 g/mol. The fourth-order valence-corrected chi connectivity index (χ4v) is 2.80. The second-order valence-corrected chi connectivity index (χ2v) is 6.42. The fraction of sp³-hybridized carbons (Fsp3) is 0.412. The standard InChI is InChI=1S/C17H21FN4O3S/c18-13-8-6-12(7-9-13)16(25)20-17(26)22-21-14(23)10-19-15(24)11-4-2-1-3-5-11/h6-9,11H,1-5,10H2,(H,19,24)(H,21,23)(H2,20,22,25,26). The number of thiocarbonyl (C=S) groups is 1. The van der Waals surface area contributed by atoms with Gasteiger partial charge in [-0.15, -0.1) is 0 Å². The normalized spacial score (nSPS) is 14.2. The first kappa shape index (κ1) is 19.8. The van der Waals surface area contributed by atoms with Crippen molar-refractivity contribution in [3.63, 3.8) is 0 Å². The smallest absolute Gasteiger partial charge is 0.257 e. The molecule has 9 heteroatoms. The zero-order valence-corrected chi connectivity index (χ0v) is 15.0. The van der Waals surface area contributed by atoms with Crippen molar-refractivity contribution < 1.29 is 18.8 Å². The lowest BCUT2D eigenvalue weighted by atomic mass is 9.89. The Morgan fingerprint density at radius 1 is 1.04 bits per heavy atom. The molecule has 1 fully saturated rings. The Bertz CT molecular complexity index is 675. The minimum Gasteiger partial charge on any atom is -0.347 e. The summed E-state index contributed by atoms with van der Waals surface area (Å²) in [6, 6.07) is 4.93. The molecule has 2 rings (SSSR count). The molecule has 26 heavy (non-hydrogen) atoms. The number of hydrogen-bond donors (Lipinski definition) is 4. The molecule has 0 radical (unpaired) electrons. The van der Waals surface area contributed by atoms with E-state index in [9.17, 15) is 18.8 Å². The van der Waals surface area contributed by atoms with Crippen LogP contribution in [0.3, 0.4) is 0 Å². The number of benzene rings is 1. The highest BCUT2D eigenvalue weighted by atomic mass is 32.1. The lowest BCUT2D eigenvalue weighted by Crippen LogP contribution is -2.51. The second-order valence-electron chi connectivity index (χ2n) is 6.02. The van der Waals surface area contributed by atoms with Crippen LogP contribution in [0.2, 0.25) is 0 Å². The third kappa shape index (κ3) is 6.40. The highest BCUT2D eigenvalue weighted by Gasteiger charge is 2.21. The maximum absolute atomic E-state index is 12.8.